The molecule has 6 heteroatoms. The zero-order valence-corrected chi connectivity index (χ0v) is 29.9. The number of benzene rings is 5. The second-order valence-electron chi connectivity index (χ2n) is 12.9. The average Bonchev–Trinajstić information content (AvgIpc) is 3.61. The molecule has 0 bridgehead atoms. The summed E-state index contributed by atoms with van der Waals surface area (Å²) in [5.41, 5.74) is 6.12. The normalized spacial score (nSPS) is 19.6. The third kappa shape index (κ3) is 7.29. The van der Waals surface area contributed by atoms with Gasteiger partial charge in [-0.3, -0.25) is 9.80 Å². The Labute approximate surface area is 298 Å². The largest absolute Gasteiger partial charge is 0.492 e. The van der Waals surface area contributed by atoms with Crippen LogP contribution < -0.4 is 4.74 Å². The number of thioether (sulfide) groups is 1. The van der Waals surface area contributed by atoms with Gasteiger partial charge in [0, 0.05) is 41.3 Å². The third-order valence-corrected chi connectivity index (χ3v) is 11.5. The Bertz CT molecular complexity index is 1640. The van der Waals surface area contributed by atoms with Crippen LogP contribution in [0.4, 0.5) is 0 Å². The van der Waals surface area contributed by atoms with Crippen LogP contribution in [0, 0.1) is 0 Å². The Morgan fingerprint density at radius 1 is 0.792 bits per heavy atom. The van der Waals surface area contributed by atoms with Crippen molar-refractivity contribution in [3.63, 3.8) is 0 Å². The zero-order valence-electron chi connectivity index (χ0n) is 27.5. The van der Waals surface area contributed by atoms with Crippen LogP contribution in [0.15, 0.2) is 144 Å². The van der Waals surface area contributed by atoms with E-state index in [1.165, 1.54) is 27.8 Å². The van der Waals surface area contributed by atoms with Crippen LogP contribution in [-0.4, -0.2) is 59.8 Å². The Morgan fingerprint density at radius 3 is 2.02 bits per heavy atom. The Morgan fingerprint density at radius 2 is 1.42 bits per heavy atom. The minimum atomic E-state index is -0.363. The molecule has 0 spiro atoms. The maximum atomic E-state index is 6.31. The van der Waals surface area contributed by atoms with Crippen LogP contribution in [0.5, 0.6) is 5.75 Å². The summed E-state index contributed by atoms with van der Waals surface area (Å²) in [5.74, 6) is 1.89. The second kappa shape index (κ2) is 15.4. The second-order valence-corrected chi connectivity index (χ2v) is 15.0. The maximum Gasteiger partial charge on any atom is 0.119 e. The van der Waals surface area contributed by atoms with Crippen molar-refractivity contribution in [3.8, 4) is 5.75 Å². The van der Waals surface area contributed by atoms with Crippen molar-refractivity contribution >= 4 is 27.7 Å². The van der Waals surface area contributed by atoms with E-state index in [0.29, 0.717) is 17.9 Å². The van der Waals surface area contributed by atoms with Crippen LogP contribution in [-0.2, 0) is 16.7 Å². The number of hydrogen-bond acceptors (Lipinski definition) is 5. The first-order valence-electron chi connectivity index (χ1n) is 17.0. The molecule has 0 amide bonds. The van der Waals surface area contributed by atoms with Gasteiger partial charge >= 0.3 is 0 Å². The van der Waals surface area contributed by atoms with Gasteiger partial charge in [-0.15, -0.1) is 11.8 Å². The molecule has 0 aliphatic carbocycles. The fourth-order valence-corrected chi connectivity index (χ4v) is 8.98. The first kappa shape index (κ1) is 33.1. The molecule has 7 rings (SSSR count). The van der Waals surface area contributed by atoms with E-state index in [1.54, 1.807) is 0 Å². The third-order valence-electron chi connectivity index (χ3n) is 9.76. The molecule has 48 heavy (non-hydrogen) atoms. The first-order valence-corrected chi connectivity index (χ1v) is 18.8. The van der Waals surface area contributed by atoms with E-state index in [1.807, 2.05) is 0 Å². The lowest BCUT2D eigenvalue weighted by Gasteiger charge is -2.43. The minimum absolute atomic E-state index is 0.0839. The number of ether oxygens (including phenoxy) is 2. The molecule has 4 nitrogen and oxygen atoms in total. The highest BCUT2D eigenvalue weighted by atomic mass is 79.9. The molecule has 2 fully saturated rings. The quantitative estimate of drug-likeness (QED) is 0.127. The smallest absolute Gasteiger partial charge is 0.119 e. The number of halogens is 1. The topological polar surface area (TPSA) is 24.9 Å². The predicted molar refractivity (Wildman–Crippen MR) is 202 cm³/mol. The van der Waals surface area contributed by atoms with Crippen molar-refractivity contribution in [2.45, 2.75) is 36.3 Å². The molecule has 2 aliphatic heterocycles. The fraction of sp³-hybridized carbons (Fsp3) is 0.286. The van der Waals surface area contributed by atoms with Gasteiger partial charge in [0.05, 0.1) is 18.2 Å². The van der Waals surface area contributed by atoms with Gasteiger partial charge in [-0.1, -0.05) is 131 Å². The summed E-state index contributed by atoms with van der Waals surface area (Å²) in [6, 6.07) is 50.6. The summed E-state index contributed by atoms with van der Waals surface area (Å²) in [5, 5.41) is 0.492. The highest BCUT2D eigenvalue weighted by molar-refractivity contribution is 9.10. The van der Waals surface area contributed by atoms with Crippen molar-refractivity contribution in [2.75, 3.05) is 38.7 Å². The fourth-order valence-electron chi connectivity index (χ4n) is 7.27. The van der Waals surface area contributed by atoms with Gasteiger partial charge in [0.2, 0.25) is 0 Å². The van der Waals surface area contributed by atoms with Crippen molar-refractivity contribution in [3.05, 3.63) is 172 Å². The van der Waals surface area contributed by atoms with Gasteiger partial charge < -0.3 is 9.47 Å². The van der Waals surface area contributed by atoms with E-state index in [0.717, 1.165) is 48.8 Å². The zero-order chi connectivity index (χ0) is 32.8. The standard InChI is InChI=1S/C42H43BrN2O2S/c1-32(44-24-25-46-41(29-44)34-12-11-19-38(43)27-34)30-47-39-22-20-33(21-23-39)26-40-28-45(31-48-40)42(35-13-5-2-6-14-35,36-15-7-3-8-16-36)37-17-9-4-10-18-37/h2-23,27,32,40-41H,24-26,28-31H2,1H3. The summed E-state index contributed by atoms with van der Waals surface area (Å²) in [7, 11) is 0. The van der Waals surface area contributed by atoms with Crippen molar-refractivity contribution in [1.29, 1.82) is 0 Å². The lowest BCUT2D eigenvalue weighted by molar-refractivity contribution is -0.0478. The predicted octanol–water partition coefficient (Wildman–Crippen LogP) is 9.20. The number of rotatable bonds is 11. The molecule has 2 saturated heterocycles. The first-order chi connectivity index (χ1) is 23.6. The molecule has 0 radical (unpaired) electrons. The Balaban J connectivity index is 1.00. The molecule has 246 valence electrons. The summed E-state index contributed by atoms with van der Waals surface area (Å²) in [6.07, 6.45) is 1.11. The van der Waals surface area contributed by atoms with Crippen LogP contribution in [0.3, 0.4) is 0 Å². The lowest BCUT2D eigenvalue weighted by atomic mass is 9.75. The highest BCUT2D eigenvalue weighted by Gasteiger charge is 2.45. The molecule has 5 aromatic carbocycles. The van der Waals surface area contributed by atoms with Crippen LogP contribution in [0.1, 0.15) is 40.8 Å². The summed E-state index contributed by atoms with van der Waals surface area (Å²) in [4.78, 5) is 5.17. The average molecular weight is 720 g/mol. The summed E-state index contributed by atoms with van der Waals surface area (Å²) in [6.45, 7) is 6.43. The van der Waals surface area contributed by atoms with E-state index in [2.05, 4.69) is 184 Å². The summed E-state index contributed by atoms with van der Waals surface area (Å²) < 4.78 is 13.5. The van der Waals surface area contributed by atoms with Crippen molar-refractivity contribution in [1.82, 2.24) is 9.80 Å². The number of nitrogens with zero attached hydrogens (tertiary/aromatic N) is 2. The molecular weight excluding hydrogens is 676 g/mol. The molecule has 0 saturated carbocycles. The monoisotopic (exact) mass is 718 g/mol. The molecular formula is C42H43BrN2O2S. The molecule has 5 aromatic rings. The molecule has 2 heterocycles. The van der Waals surface area contributed by atoms with Crippen molar-refractivity contribution in [2.24, 2.45) is 0 Å². The number of morpholine rings is 1. The summed E-state index contributed by atoms with van der Waals surface area (Å²) >= 11 is 5.66. The molecule has 0 N–H and O–H groups in total. The van der Waals surface area contributed by atoms with E-state index in [4.69, 9.17) is 9.47 Å². The highest BCUT2D eigenvalue weighted by Crippen LogP contribution is 2.46. The molecule has 0 aromatic heterocycles. The van der Waals surface area contributed by atoms with Crippen LogP contribution >= 0.6 is 27.7 Å². The minimum Gasteiger partial charge on any atom is -0.492 e. The molecule has 2 aliphatic rings. The maximum absolute atomic E-state index is 6.31. The Kier molecular flexibility index (Phi) is 10.7. The molecule has 3 unspecified atom stereocenters. The van der Waals surface area contributed by atoms with Gasteiger partial charge in [0.15, 0.2) is 0 Å². The SMILES string of the molecule is CC(COc1ccc(CC2CN(C(c3ccccc3)(c3ccccc3)c3ccccc3)CS2)cc1)N1CCOC(c2cccc(Br)c2)C1. The van der Waals surface area contributed by atoms with Crippen LogP contribution in [0.25, 0.3) is 0 Å². The molecule has 3 atom stereocenters. The van der Waals surface area contributed by atoms with Crippen LogP contribution in [0.2, 0.25) is 0 Å². The van der Waals surface area contributed by atoms with E-state index < -0.39 is 0 Å². The van der Waals surface area contributed by atoms with Gasteiger partial charge in [-0.25, -0.2) is 0 Å². The Hall–Kier alpha value is -3.39. The van der Waals surface area contributed by atoms with Crippen molar-refractivity contribution < 1.29 is 9.47 Å². The van der Waals surface area contributed by atoms with Gasteiger partial charge in [0.1, 0.15) is 12.4 Å². The van der Waals surface area contributed by atoms with Gasteiger partial charge in [-0.05, 0) is 65.4 Å². The van der Waals surface area contributed by atoms with E-state index in [9.17, 15) is 0 Å². The van der Waals surface area contributed by atoms with Gasteiger partial charge in [0.25, 0.3) is 0 Å². The lowest BCUT2D eigenvalue weighted by Crippen LogP contribution is -2.47. The van der Waals surface area contributed by atoms with E-state index >= 15 is 0 Å². The number of hydrogen-bond donors (Lipinski definition) is 0. The van der Waals surface area contributed by atoms with E-state index in [-0.39, 0.29) is 11.6 Å². The van der Waals surface area contributed by atoms with Gasteiger partial charge in [-0.2, -0.15) is 0 Å².